The van der Waals surface area contributed by atoms with Crippen molar-refractivity contribution in [1.82, 2.24) is 0 Å². The Labute approximate surface area is 165 Å². The van der Waals surface area contributed by atoms with Crippen molar-refractivity contribution in [3.05, 3.63) is 41.1 Å². The van der Waals surface area contributed by atoms with E-state index in [2.05, 4.69) is 18.8 Å². The zero-order valence-electron chi connectivity index (χ0n) is 16.8. The predicted molar refractivity (Wildman–Crippen MR) is 105 cm³/mol. The molecule has 0 saturated carbocycles. The van der Waals surface area contributed by atoms with Gasteiger partial charge in [0.05, 0.1) is 6.61 Å². The largest absolute Gasteiger partial charge is 0.508 e. The van der Waals surface area contributed by atoms with Crippen molar-refractivity contribution >= 4 is 17.5 Å². The number of allylic oxidation sites excluding steroid dienone is 2. The lowest BCUT2D eigenvalue weighted by Crippen LogP contribution is -2.39. The van der Waals surface area contributed by atoms with Crippen LogP contribution in [0.2, 0.25) is 0 Å². The first-order chi connectivity index (χ1) is 13.2. The van der Waals surface area contributed by atoms with Crippen molar-refractivity contribution in [3.63, 3.8) is 0 Å². The number of esters is 1. The molecule has 0 saturated heterocycles. The number of hydrogen-bond acceptors (Lipinski definition) is 6. The third kappa shape index (κ3) is 4.02. The van der Waals surface area contributed by atoms with Crippen molar-refractivity contribution in [2.24, 2.45) is 16.3 Å². The predicted octanol–water partition coefficient (Wildman–Crippen LogP) is 3.40. The van der Waals surface area contributed by atoms with Crippen molar-refractivity contribution in [1.29, 1.82) is 0 Å². The van der Waals surface area contributed by atoms with E-state index in [0.717, 1.165) is 11.3 Å². The average molecular weight is 385 g/mol. The fourth-order valence-electron chi connectivity index (χ4n) is 4.11. The van der Waals surface area contributed by atoms with Crippen LogP contribution in [0.25, 0.3) is 0 Å². The lowest BCUT2D eigenvalue weighted by atomic mass is 9.67. The van der Waals surface area contributed by atoms with E-state index < -0.39 is 17.8 Å². The lowest BCUT2D eigenvalue weighted by Gasteiger charge is -2.39. The molecule has 28 heavy (non-hydrogen) atoms. The summed E-state index contributed by atoms with van der Waals surface area (Å²) in [5.41, 5.74) is 2.64. The van der Waals surface area contributed by atoms with Gasteiger partial charge in [-0.2, -0.15) is 0 Å². The number of benzene rings is 1. The summed E-state index contributed by atoms with van der Waals surface area (Å²) in [6.07, 6.45) is 1.10. The number of methoxy groups -OCH3 is 1. The molecular formula is C22H27NO5. The Balaban J connectivity index is 2.06. The first kappa shape index (κ1) is 20.3. The van der Waals surface area contributed by atoms with Gasteiger partial charge in [-0.3, -0.25) is 14.6 Å². The van der Waals surface area contributed by atoms with Gasteiger partial charge in [0.15, 0.2) is 5.78 Å². The van der Waals surface area contributed by atoms with Gasteiger partial charge in [-0.25, -0.2) is 0 Å². The SMILES string of the molecule is COCCOC(=O)C1C(C)=NC2=C(C(=O)CC(C)(C)C2)[C@H]1c1ccc(O)cc1. The van der Waals surface area contributed by atoms with Gasteiger partial charge in [0.25, 0.3) is 0 Å². The Morgan fingerprint density at radius 2 is 1.89 bits per heavy atom. The highest BCUT2D eigenvalue weighted by atomic mass is 16.6. The molecule has 0 bridgehead atoms. The molecule has 1 aliphatic heterocycles. The summed E-state index contributed by atoms with van der Waals surface area (Å²) in [7, 11) is 1.54. The van der Waals surface area contributed by atoms with Crippen LogP contribution in [0.3, 0.4) is 0 Å². The maximum absolute atomic E-state index is 13.1. The van der Waals surface area contributed by atoms with E-state index in [1.807, 2.05) is 6.92 Å². The Morgan fingerprint density at radius 1 is 1.21 bits per heavy atom. The van der Waals surface area contributed by atoms with Crippen molar-refractivity contribution < 1.29 is 24.2 Å². The molecule has 3 rings (SSSR count). The van der Waals surface area contributed by atoms with Gasteiger partial charge in [-0.1, -0.05) is 26.0 Å². The van der Waals surface area contributed by atoms with Crippen LogP contribution in [-0.2, 0) is 19.1 Å². The summed E-state index contributed by atoms with van der Waals surface area (Å²) >= 11 is 0. The number of aliphatic imine (C=N–C) groups is 1. The molecule has 6 heteroatoms. The second-order valence-corrected chi connectivity index (χ2v) is 8.26. The standard InChI is InChI=1S/C22H27NO5/c1-13-18(21(26)28-10-9-27-4)19(14-5-7-15(24)8-6-14)20-16(23-13)11-22(2,3)12-17(20)25/h5-8,18-19,24H,9-12H2,1-4H3/t18?,19-/m0/s1. The molecule has 1 aromatic rings. The van der Waals surface area contributed by atoms with Crippen LogP contribution in [0.5, 0.6) is 5.75 Å². The van der Waals surface area contributed by atoms with Crippen LogP contribution >= 0.6 is 0 Å². The summed E-state index contributed by atoms with van der Waals surface area (Å²) in [4.78, 5) is 30.7. The summed E-state index contributed by atoms with van der Waals surface area (Å²) < 4.78 is 10.4. The van der Waals surface area contributed by atoms with Crippen molar-refractivity contribution in [2.75, 3.05) is 20.3 Å². The molecule has 0 fully saturated rings. The Kier molecular flexibility index (Phi) is 5.70. The highest BCUT2D eigenvalue weighted by Crippen LogP contribution is 2.48. The molecule has 1 N–H and O–H groups in total. The van der Waals surface area contributed by atoms with E-state index in [0.29, 0.717) is 30.7 Å². The summed E-state index contributed by atoms with van der Waals surface area (Å²) in [6, 6.07) is 6.65. The summed E-state index contributed by atoms with van der Waals surface area (Å²) in [5, 5.41) is 9.67. The molecule has 0 amide bonds. The molecule has 150 valence electrons. The maximum atomic E-state index is 13.1. The number of rotatable bonds is 5. The number of nitrogens with zero attached hydrogens (tertiary/aromatic N) is 1. The fraction of sp³-hybridized carbons (Fsp3) is 0.500. The van der Waals surface area contributed by atoms with Crippen LogP contribution < -0.4 is 0 Å². The molecule has 1 heterocycles. The van der Waals surface area contributed by atoms with Crippen LogP contribution in [-0.4, -0.2) is 42.9 Å². The third-order valence-corrected chi connectivity index (χ3v) is 5.34. The second-order valence-electron chi connectivity index (χ2n) is 8.26. The van der Waals surface area contributed by atoms with E-state index in [-0.39, 0.29) is 23.6 Å². The number of aromatic hydroxyl groups is 1. The van der Waals surface area contributed by atoms with Crippen LogP contribution in [0.4, 0.5) is 0 Å². The minimum Gasteiger partial charge on any atom is -0.508 e. The monoisotopic (exact) mass is 385 g/mol. The first-order valence-electron chi connectivity index (χ1n) is 9.49. The number of phenols is 1. The van der Waals surface area contributed by atoms with Gasteiger partial charge >= 0.3 is 5.97 Å². The van der Waals surface area contributed by atoms with Gasteiger partial charge in [-0.15, -0.1) is 0 Å². The van der Waals surface area contributed by atoms with Gasteiger partial charge in [0.2, 0.25) is 0 Å². The smallest absolute Gasteiger partial charge is 0.315 e. The molecule has 0 spiro atoms. The minimum atomic E-state index is -0.676. The topological polar surface area (TPSA) is 85.2 Å². The number of Topliss-reactive ketones (excluding diaryl/α,β-unsaturated/α-hetero) is 1. The zero-order chi connectivity index (χ0) is 20.5. The summed E-state index contributed by atoms with van der Waals surface area (Å²) in [5.74, 6) is -1.40. The van der Waals surface area contributed by atoms with Crippen molar-refractivity contribution in [3.8, 4) is 5.75 Å². The molecule has 6 nitrogen and oxygen atoms in total. The molecule has 0 aromatic heterocycles. The van der Waals surface area contributed by atoms with Gasteiger partial charge in [-0.05, 0) is 36.5 Å². The lowest BCUT2D eigenvalue weighted by molar-refractivity contribution is -0.147. The molecule has 1 aliphatic carbocycles. The first-order valence-corrected chi connectivity index (χ1v) is 9.49. The maximum Gasteiger partial charge on any atom is 0.315 e. The van der Waals surface area contributed by atoms with E-state index in [1.54, 1.807) is 31.4 Å². The van der Waals surface area contributed by atoms with Crippen LogP contribution in [0.1, 0.15) is 45.1 Å². The van der Waals surface area contributed by atoms with E-state index >= 15 is 0 Å². The molecule has 0 radical (unpaired) electrons. The number of hydrogen-bond donors (Lipinski definition) is 1. The third-order valence-electron chi connectivity index (χ3n) is 5.34. The number of carbonyl (C=O) groups excluding carboxylic acids is 2. The molecule has 2 aliphatic rings. The minimum absolute atomic E-state index is 0.0234. The molecule has 1 unspecified atom stereocenters. The number of carbonyl (C=O) groups is 2. The van der Waals surface area contributed by atoms with Crippen molar-refractivity contribution in [2.45, 2.75) is 39.5 Å². The highest BCUT2D eigenvalue weighted by Gasteiger charge is 2.45. The Bertz CT molecular complexity index is 835. The van der Waals surface area contributed by atoms with Gasteiger partial charge in [0, 0.05) is 36.4 Å². The Morgan fingerprint density at radius 3 is 2.54 bits per heavy atom. The average Bonchev–Trinajstić information content (AvgIpc) is 2.60. The fourth-order valence-corrected chi connectivity index (χ4v) is 4.11. The zero-order valence-corrected chi connectivity index (χ0v) is 16.8. The molecule has 1 aromatic carbocycles. The van der Waals surface area contributed by atoms with Crippen LogP contribution in [0, 0.1) is 11.3 Å². The quantitative estimate of drug-likeness (QED) is 0.620. The van der Waals surface area contributed by atoms with Gasteiger partial charge < -0.3 is 14.6 Å². The second kappa shape index (κ2) is 7.87. The Hall–Kier alpha value is -2.47. The number of phenolic OH excluding ortho intramolecular Hbond substituents is 1. The normalized spacial score (nSPS) is 23.9. The molecule has 2 atom stereocenters. The van der Waals surface area contributed by atoms with E-state index in [4.69, 9.17) is 9.47 Å². The molecular weight excluding hydrogens is 358 g/mol. The number of ether oxygens (including phenoxy) is 2. The van der Waals surface area contributed by atoms with Crippen LogP contribution in [0.15, 0.2) is 40.5 Å². The van der Waals surface area contributed by atoms with E-state index in [1.165, 1.54) is 0 Å². The van der Waals surface area contributed by atoms with Gasteiger partial charge in [0.1, 0.15) is 18.3 Å². The summed E-state index contributed by atoms with van der Waals surface area (Å²) in [6.45, 7) is 6.37. The van der Waals surface area contributed by atoms with E-state index in [9.17, 15) is 14.7 Å². The number of ketones is 1. The highest BCUT2D eigenvalue weighted by molar-refractivity contribution is 6.09.